The van der Waals surface area contributed by atoms with Crippen LogP contribution in [0.5, 0.6) is 0 Å². The zero-order valence-electron chi connectivity index (χ0n) is 11.5. The average molecular weight is 244 g/mol. The highest BCUT2D eigenvalue weighted by Crippen LogP contribution is 2.37. The SMILES string of the molecule is CC(NC1CC1)C(C)C1CCCc2cccnc21. The molecular formula is C16H24N2. The number of nitrogens with one attached hydrogen (secondary N) is 1. The standard InChI is InChI=1S/C16H24N2/c1-11(12(2)18-14-8-9-14)15-7-3-5-13-6-4-10-17-16(13)15/h4,6,10-12,14-15,18H,3,5,7-9H2,1-2H3. The molecular weight excluding hydrogens is 220 g/mol. The molecule has 0 radical (unpaired) electrons. The molecule has 1 N–H and O–H groups in total. The van der Waals surface area contributed by atoms with Crippen LogP contribution >= 0.6 is 0 Å². The Bertz CT molecular complexity index is 411. The van der Waals surface area contributed by atoms with E-state index in [0.717, 1.165) is 6.04 Å². The number of aromatic nitrogens is 1. The molecule has 0 aromatic carbocycles. The van der Waals surface area contributed by atoms with Crippen molar-refractivity contribution in [2.75, 3.05) is 0 Å². The van der Waals surface area contributed by atoms with Gasteiger partial charge in [0.1, 0.15) is 0 Å². The zero-order valence-corrected chi connectivity index (χ0v) is 11.5. The molecule has 2 aliphatic carbocycles. The summed E-state index contributed by atoms with van der Waals surface area (Å²) in [6, 6.07) is 5.75. The van der Waals surface area contributed by atoms with E-state index in [1.807, 2.05) is 6.20 Å². The quantitative estimate of drug-likeness (QED) is 0.879. The molecule has 0 amide bonds. The third kappa shape index (κ3) is 2.44. The number of rotatable bonds is 4. The normalized spacial score (nSPS) is 26.4. The molecule has 0 spiro atoms. The molecule has 18 heavy (non-hydrogen) atoms. The van der Waals surface area contributed by atoms with Crippen LogP contribution in [0.3, 0.4) is 0 Å². The highest BCUT2D eigenvalue weighted by molar-refractivity contribution is 5.26. The van der Waals surface area contributed by atoms with E-state index >= 15 is 0 Å². The second kappa shape index (κ2) is 5.00. The molecule has 0 bridgehead atoms. The third-order valence-electron chi connectivity index (χ3n) is 4.74. The lowest BCUT2D eigenvalue weighted by Gasteiger charge is -2.33. The maximum absolute atomic E-state index is 4.67. The van der Waals surface area contributed by atoms with E-state index in [1.165, 1.54) is 43.4 Å². The number of hydrogen-bond acceptors (Lipinski definition) is 2. The lowest BCUT2D eigenvalue weighted by molar-refractivity contribution is 0.310. The van der Waals surface area contributed by atoms with Gasteiger partial charge < -0.3 is 5.32 Å². The lowest BCUT2D eigenvalue weighted by atomic mass is 9.76. The van der Waals surface area contributed by atoms with Gasteiger partial charge in [-0.05, 0) is 56.6 Å². The average Bonchev–Trinajstić information content (AvgIpc) is 3.21. The van der Waals surface area contributed by atoms with E-state index in [-0.39, 0.29) is 0 Å². The van der Waals surface area contributed by atoms with Crippen molar-refractivity contribution >= 4 is 0 Å². The highest BCUT2D eigenvalue weighted by Gasteiger charge is 2.32. The van der Waals surface area contributed by atoms with Crippen molar-refractivity contribution in [2.24, 2.45) is 5.92 Å². The molecule has 0 aliphatic heterocycles. The van der Waals surface area contributed by atoms with Crippen molar-refractivity contribution in [1.29, 1.82) is 0 Å². The Hall–Kier alpha value is -0.890. The first-order valence-electron chi connectivity index (χ1n) is 7.45. The van der Waals surface area contributed by atoms with Gasteiger partial charge in [0.2, 0.25) is 0 Å². The van der Waals surface area contributed by atoms with Crippen LogP contribution in [0.15, 0.2) is 18.3 Å². The van der Waals surface area contributed by atoms with E-state index in [9.17, 15) is 0 Å². The number of hydrogen-bond donors (Lipinski definition) is 1. The first kappa shape index (κ1) is 12.2. The Morgan fingerprint density at radius 2 is 2.11 bits per heavy atom. The van der Waals surface area contributed by atoms with Crippen molar-refractivity contribution in [1.82, 2.24) is 10.3 Å². The van der Waals surface area contributed by atoms with Gasteiger partial charge in [0.25, 0.3) is 0 Å². The van der Waals surface area contributed by atoms with Crippen molar-refractivity contribution in [2.45, 2.75) is 64.0 Å². The van der Waals surface area contributed by atoms with Gasteiger partial charge in [0.05, 0.1) is 0 Å². The predicted octanol–water partition coefficient (Wildman–Crippen LogP) is 3.28. The fourth-order valence-corrected chi connectivity index (χ4v) is 3.28. The molecule has 2 aliphatic rings. The maximum Gasteiger partial charge on any atom is 0.0469 e. The Balaban J connectivity index is 1.75. The summed E-state index contributed by atoms with van der Waals surface area (Å²) in [6.07, 6.45) is 8.55. The summed E-state index contributed by atoms with van der Waals surface area (Å²) in [4.78, 5) is 4.67. The molecule has 1 saturated carbocycles. The van der Waals surface area contributed by atoms with Gasteiger partial charge in [-0.3, -0.25) is 4.98 Å². The highest BCUT2D eigenvalue weighted by atomic mass is 15.0. The van der Waals surface area contributed by atoms with E-state index in [1.54, 1.807) is 0 Å². The summed E-state index contributed by atoms with van der Waals surface area (Å²) in [5, 5.41) is 3.75. The molecule has 3 rings (SSSR count). The molecule has 1 heterocycles. The Labute approximate surface area is 110 Å². The predicted molar refractivity (Wildman–Crippen MR) is 74.7 cm³/mol. The number of aryl methyl sites for hydroxylation is 1. The summed E-state index contributed by atoms with van der Waals surface area (Å²) in [5.41, 5.74) is 2.86. The molecule has 3 atom stereocenters. The monoisotopic (exact) mass is 244 g/mol. The summed E-state index contributed by atoms with van der Waals surface area (Å²) in [7, 11) is 0. The van der Waals surface area contributed by atoms with Gasteiger partial charge in [0, 0.05) is 29.9 Å². The minimum atomic E-state index is 0.607. The molecule has 0 saturated heterocycles. The van der Waals surface area contributed by atoms with E-state index in [4.69, 9.17) is 0 Å². The van der Waals surface area contributed by atoms with Crippen LogP contribution in [0.1, 0.15) is 56.7 Å². The fraction of sp³-hybridized carbons (Fsp3) is 0.688. The van der Waals surface area contributed by atoms with Crippen molar-refractivity contribution in [3.63, 3.8) is 0 Å². The van der Waals surface area contributed by atoms with Crippen molar-refractivity contribution in [3.8, 4) is 0 Å². The number of pyridine rings is 1. The summed E-state index contributed by atoms with van der Waals surface area (Å²) < 4.78 is 0. The van der Waals surface area contributed by atoms with E-state index in [2.05, 4.69) is 36.3 Å². The van der Waals surface area contributed by atoms with Crippen molar-refractivity contribution < 1.29 is 0 Å². The first-order chi connectivity index (χ1) is 8.75. The molecule has 1 fully saturated rings. The van der Waals surface area contributed by atoms with Crippen LogP contribution in [0, 0.1) is 5.92 Å². The van der Waals surface area contributed by atoms with Gasteiger partial charge in [-0.15, -0.1) is 0 Å². The second-order valence-corrected chi connectivity index (χ2v) is 6.14. The molecule has 2 nitrogen and oxygen atoms in total. The Kier molecular flexibility index (Phi) is 3.38. The minimum Gasteiger partial charge on any atom is -0.311 e. The largest absolute Gasteiger partial charge is 0.311 e. The fourth-order valence-electron chi connectivity index (χ4n) is 3.28. The lowest BCUT2D eigenvalue weighted by Crippen LogP contribution is -2.37. The van der Waals surface area contributed by atoms with Crippen LogP contribution in [0.25, 0.3) is 0 Å². The van der Waals surface area contributed by atoms with Gasteiger partial charge in [-0.25, -0.2) is 0 Å². The third-order valence-corrected chi connectivity index (χ3v) is 4.74. The topological polar surface area (TPSA) is 24.9 Å². The van der Waals surface area contributed by atoms with Gasteiger partial charge >= 0.3 is 0 Å². The second-order valence-electron chi connectivity index (χ2n) is 6.14. The van der Waals surface area contributed by atoms with Gasteiger partial charge in [-0.2, -0.15) is 0 Å². The van der Waals surface area contributed by atoms with Crippen LogP contribution in [-0.4, -0.2) is 17.1 Å². The smallest absolute Gasteiger partial charge is 0.0469 e. The van der Waals surface area contributed by atoms with Crippen LogP contribution in [0.2, 0.25) is 0 Å². The van der Waals surface area contributed by atoms with Crippen molar-refractivity contribution in [3.05, 3.63) is 29.6 Å². The molecule has 1 aromatic heterocycles. The minimum absolute atomic E-state index is 0.607. The zero-order chi connectivity index (χ0) is 12.5. The summed E-state index contributed by atoms with van der Waals surface area (Å²) in [6.45, 7) is 4.74. The molecule has 98 valence electrons. The first-order valence-corrected chi connectivity index (χ1v) is 7.45. The summed E-state index contributed by atoms with van der Waals surface area (Å²) in [5.74, 6) is 1.33. The van der Waals surface area contributed by atoms with E-state index in [0.29, 0.717) is 17.9 Å². The number of fused-ring (bicyclic) bond motifs is 1. The maximum atomic E-state index is 4.67. The van der Waals surface area contributed by atoms with Crippen LogP contribution < -0.4 is 5.32 Å². The Morgan fingerprint density at radius 3 is 2.89 bits per heavy atom. The molecule has 1 aromatic rings. The summed E-state index contributed by atoms with van der Waals surface area (Å²) >= 11 is 0. The number of nitrogens with zero attached hydrogens (tertiary/aromatic N) is 1. The van der Waals surface area contributed by atoms with Crippen LogP contribution in [0.4, 0.5) is 0 Å². The van der Waals surface area contributed by atoms with Crippen LogP contribution in [-0.2, 0) is 6.42 Å². The van der Waals surface area contributed by atoms with Gasteiger partial charge in [-0.1, -0.05) is 13.0 Å². The van der Waals surface area contributed by atoms with Gasteiger partial charge in [0.15, 0.2) is 0 Å². The Morgan fingerprint density at radius 1 is 1.28 bits per heavy atom. The van der Waals surface area contributed by atoms with E-state index < -0.39 is 0 Å². The molecule has 3 unspecified atom stereocenters. The molecule has 2 heteroatoms.